The van der Waals surface area contributed by atoms with E-state index in [0.29, 0.717) is 13.0 Å². The molecule has 1 aromatic heterocycles. The molecule has 0 aromatic carbocycles. The van der Waals surface area contributed by atoms with Crippen LogP contribution in [-0.2, 0) is 17.6 Å². The Kier molecular flexibility index (Phi) is 6.04. The number of methoxy groups -OCH3 is 1. The van der Waals surface area contributed by atoms with E-state index in [0.717, 1.165) is 25.0 Å². The van der Waals surface area contributed by atoms with Crippen molar-refractivity contribution >= 4 is 0 Å². The third-order valence-electron chi connectivity index (χ3n) is 2.62. The summed E-state index contributed by atoms with van der Waals surface area (Å²) in [5.74, 6) is 0. The number of ether oxygens (including phenoxy) is 1. The Labute approximate surface area is 97.5 Å². The fourth-order valence-electron chi connectivity index (χ4n) is 1.59. The van der Waals surface area contributed by atoms with Crippen molar-refractivity contribution in [3.8, 4) is 0 Å². The fraction of sp³-hybridized carbons (Fsp3) is 0.615. The zero-order valence-corrected chi connectivity index (χ0v) is 10.1. The van der Waals surface area contributed by atoms with Crippen molar-refractivity contribution in [1.29, 1.82) is 0 Å². The Hall–Kier alpha value is -0.930. The van der Waals surface area contributed by atoms with Crippen molar-refractivity contribution in [1.82, 2.24) is 4.98 Å². The highest BCUT2D eigenvalue weighted by Gasteiger charge is 2.06. The van der Waals surface area contributed by atoms with Gasteiger partial charge in [0.25, 0.3) is 0 Å². The summed E-state index contributed by atoms with van der Waals surface area (Å²) in [6.07, 6.45) is 4.87. The van der Waals surface area contributed by atoms with Gasteiger partial charge < -0.3 is 9.84 Å². The summed E-state index contributed by atoms with van der Waals surface area (Å²) >= 11 is 0. The molecule has 0 fully saturated rings. The minimum atomic E-state index is -0.310. The molecule has 1 N–H and O–H groups in total. The van der Waals surface area contributed by atoms with E-state index >= 15 is 0 Å². The lowest BCUT2D eigenvalue weighted by atomic mass is 10.1. The molecular formula is C13H21NO2. The van der Waals surface area contributed by atoms with Crippen LogP contribution < -0.4 is 0 Å². The first-order valence-electron chi connectivity index (χ1n) is 5.87. The number of aryl methyl sites for hydroxylation is 1. The molecule has 0 spiro atoms. The Morgan fingerprint density at radius 3 is 2.81 bits per heavy atom. The maximum Gasteiger partial charge on any atom is 0.0596 e. The van der Waals surface area contributed by atoms with E-state index in [1.54, 1.807) is 7.11 Å². The van der Waals surface area contributed by atoms with E-state index in [4.69, 9.17) is 4.74 Å². The molecule has 0 bridgehead atoms. The molecule has 16 heavy (non-hydrogen) atoms. The number of hydrogen-bond acceptors (Lipinski definition) is 3. The third-order valence-corrected chi connectivity index (χ3v) is 2.62. The summed E-state index contributed by atoms with van der Waals surface area (Å²) in [6.45, 7) is 2.82. The lowest BCUT2D eigenvalue weighted by Crippen LogP contribution is -2.12. The molecule has 1 unspecified atom stereocenters. The van der Waals surface area contributed by atoms with Crippen LogP contribution in [0.4, 0.5) is 0 Å². The average Bonchev–Trinajstić information content (AvgIpc) is 2.30. The Morgan fingerprint density at radius 1 is 1.44 bits per heavy atom. The van der Waals surface area contributed by atoms with E-state index in [9.17, 15) is 5.11 Å². The Morgan fingerprint density at radius 2 is 2.25 bits per heavy atom. The number of nitrogens with zero attached hydrogens (tertiary/aromatic N) is 1. The lowest BCUT2D eigenvalue weighted by Gasteiger charge is -2.09. The average molecular weight is 223 g/mol. The van der Waals surface area contributed by atoms with Crippen LogP contribution in [0.2, 0.25) is 0 Å². The monoisotopic (exact) mass is 223 g/mol. The van der Waals surface area contributed by atoms with Gasteiger partial charge in [0.2, 0.25) is 0 Å². The molecule has 3 heteroatoms. The van der Waals surface area contributed by atoms with Crippen LogP contribution in [0.5, 0.6) is 0 Å². The zero-order valence-electron chi connectivity index (χ0n) is 10.1. The second-order valence-electron chi connectivity index (χ2n) is 4.00. The van der Waals surface area contributed by atoms with Crippen molar-refractivity contribution in [3.63, 3.8) is 0 Å². The number of rotatable bonds is 7. The molecule has 1 rings (SSSR count). The van der Waals surface area contributed by atoms with Crippen molar-refractivity contribution in [2.75, 3.05) is 13.7 Å². The van der Waals surface area contributed by atoms with Crippen molar-refractivity contribution < 1.29 is 9.84 Å². The van der Waals surface area contributed by atoms with Crippen molar-refractivity contribution in [2.45, 2.75) is 38.7 Å². The summed E-state index contributed by atoms with van der Waals surface area (Å²) in [6, 6.07) is 4.07. The minimum Gasteiger partial charge on any atom is -0.393 e. The molecular weight excluding hydrogens is 202 g/mol. The topological polar surface area (TPSA) is 42.4 Å². The van der Waals surface area contributed by atoms with E-state index in [1.807, 2.05) is 12.3 Å². The molecule has 0 saturated heterocycles. The van der Waals surface area contributed by atoms with Gasteiger partial charge in [0.05, 0.1) is 6.10 Å². The normalized spacial score (nSPS) is 12.7. The quantitative estimate of drug-likeness (QED) is 0.719. The van der Waals surface area contributed by atoms with Crippen LogP contribution >= 0.6 is 0 Å². The Balaban J connectivity index is 2.34. The van der Waals surface area contributed by atoms with Gasteiger partial charge in [-0.2, -0.15) is 0 Å². The molecule has 0 aliphatic heterocycles. The molecule has 0 aliphatic carbocycles. The third kappa shape index (κ3) is 4.73. The standard InChI is InChI=1S/C13H21NO2/c1-3-11-6-7-12(14-10-11)9-13(15)5-4-8-16-2/h6-7,10,13,15H,3-5,8-9H2,1-2H3. The summed E-state index contributed by atoms with van der Waals surface area (Å²) < 4.78 is 4.95. The van der Waals surface area contributed by atoms with Crippen LogP contribution in [-0.4, -0.2) is 29.9 Å². The SMILES string of the molecule is CCc1ccc(CC(O)CCCOC)nc1. The highest BCUT2D eigenvalue weighted by molar-refractivity contribution is 5.14. The first kappa shape index (κ1) is 13.1. The van der Waals surface area contributed by atoms with E-state index in [2.05, 4.69) is 18.0 Å². The second kappa shape index (κ2) is 7.36. The highest BCUT2D eigenvalue weighted by Crippen LogP contribution is 2.07. The van der Waals surface area contributed by atoms with Gasteiger partial charge in [-0.3, -0.25) is 4.98 Å². The number of aromatic nitrogens is 1. The van der Waals surface area contributed by atoms with Crippen LogP contribution in [0.25, 0.3) is 0 Å². The highest BCUT2D eigenvalue weighted by atomic mass is 16.5. The van der Waals surface area contributed by atoms with E-state index in [-0.39, 0.29) is 6.10 Å². The van der Waals surface area contributed by atoms with Crippen molar-refractivity contribution in [2.24, 2.45) is 0 Å². The molecule has 0 radical (unpaired) electrons. The molecule has 1 atom stereocenters. The maximum absolute atomic E-state index is 9.76. The molecule has 1 aromatic rings. The van der Waals surface area contributed by atoms with Gasteiger partial charge in [-0.15, -0.1) is 0 Å². The molecule has 1 heterocycles. The number of hydrogen-bond donors (Lipinski definition) is 1. The predicted octanol–water partition coefficient (Wildman–Crippen LogP) is 1.97. The van der Waals surface area contributed by atoms with Gasteiger partial charge in [-0.25, -0.2) is 0 Å². The summed E-state index contributed by atoms with van der Waals surface area (Å²) in [7, 11) is 1.68. The smallest absolute Gasteiger partial charge is 0.0596 e. The van der Waals surface area contributed by atoms with Gasteiger partial charge in [0.1, 0.15) is 0 Å². The van der Waals surface area contributed by atoms with Crippen LogP contribution in [0, 0.1) is 0 Å². The summed E-state index contributed by atoms with van der Waals surface area (Å²) in [5, 5.41) is 9.76. The maximum atomic E-state index is 9.76. The zero-order chi connectivity index (χ0) is 11.8. The van der Waals surface area contributed by atoms with Crippen LogP contribution in [0.3, 0.4) is 0 Å². The summed E-state index contributed by atoms with van der Waals surface area (Å²) in [4.78, 5) is 4.33. The molecule has 0 amide bonds. The summed E-state index contributed by atoms with van der Waals surface area (Å²) in [5.41, 5.74) is 2.19. The van der Waals surface area contributed by atoms with Gasteiger partial charge >= 0.3 is 0 Å². The van der Waals surface area contributed by atoms with E-state index < -0.39 is 0 Å². The number of aliphatic hydroxyl groups excluding tert-OH is 1. The van der Waals surface area contributed by atoms with E-state index in [1.165, 1.54) is 5.56 Å². The van der Waals surface area contributed by atoms with Gasteiger partial charge in [-0.05, 0) is 30.9 Å². The molecule has 3 nitrogen and oxygen atoms in total. The molecule has 0 saturated carbocycles. The minimum absolute atomic E-state index is 0.310. The van der Waals surface area contributed by atoms with Gasteiger partial charge in [0.15, 0.2) is 0 Å². The molecule has 90 valence electrons. The largest absolute Gasteiger partial charge is 0.393 e. The predicted molar refractivity (Wildman–Crippen MR) is 64.4 cm³/mol. The van der Waals surface area contributed by atoms with Crippen LogP contribution in [0.1, 0.15) is 31.0 Å². The second-order valence-corrected chi connectivity index (χ2v) is 4.00. The molecule has 0 aliphatic rings. The van der Waals surface area contributed by atoms with Gasteiger partial charge in [-0.1, -0.05) is 13.0 Å². The van der Waals surface area contributed by atoms with Crippen molar-refractivity contribution in [3.05, 3.63) is 29.6 Å². The number of pyridine rings is 1. The van der Waals surface area contributed by atoms with Crippen LogP contribution in [0.15, 0.2) is 18.3 Å². The van der Waals surface area contributed by atoms with Gasteiger partial charge in [0, 0.05) is 32.0 Å². The Bertz CT molecular complexity index is 284. The first-order valence-corrected chi connectivity index (χ1v) is 5.87. The first-order chi connectivity index (χ1) is 7.76. The number of aliphatic hydroxyl groups is 1. The fourth-order valence-corrected chi connectivity index (χ4v) is 1.59. The lowest BCUT2D eigenvalue weighted by molar-refractivity contribution is 0.134.